The number of amides is 1. The molecule has 0 atom stereocenters. The molecule has 27 heavy (non-hydrogen) atoms. The monoisotopic (exact) mass is 377 g/mol. The summed E-state index contributed by atoms with van der Waals surface area (Å²) in [5, 5.41) is 3.43. The number of nitrogens with one attached hydrogen (secondary N) is 1. The number of anilines is 1. The van der Waals surface area contributed by atoms with Crippen molar-refractivity contribution >= 4 is 34.1 Å². The van der Waals surface area contributed by atoms with E-state index in [1.807, 2.05) is 36.4 Å². The Morgan fingerprint density at radius 1 is 1.04 bits per heavy atom. The summed E-state index contributed by atoms with van der Waals surface area (Å²) >= 11 is 5.80. The van der Waals surface area contributed by atoms with E-state index in [0.29, 0.717) is 22.5 Å². The van der Waals surface area contributed by atoms with E-state index in [0.717, 1.165) is 10.9 Å². The first-order valence-corrected chi connectivity index (χ1v) is 8.56. The maximum absolute atomic E-state index is 13.3. The van der Waals surface area contributed by atoms with Gasteiger partial charge in [-0.05, 0) is 42.5 Å². The van der Waals surface area contributed by atoms with Crippen molar-refractivity contribution in [3.05, 3.63) is 89.5 Å². The fraction of sp³-hybridized carbons (Fsp3) is 0. The number of hydrogen-bond acceptors (Lipinski definition) is 3. The lowest BCUT2D eigenvalue weighted by Gasteiger charge is -2.11. The number of carbonyl (C=O) groups excluding carboxylic acids is 1. The van der Waals surface area contributed by atoms with Crippen molar-refractivity contribution < 1.29 is 9.18 Å². The van der Waals surface area contributed by atoms with Crippen molar-refractivity contribution in [1.29, 1.82) is 0 Å². The summed E-state index contributed by atoms with van der Waals surface area (Å²) in [5.41, 5.74) is 3.02. The molecule has 2 heterocycles. The third-order valence-electron chi connectivity index (χ3n) is 4.10. The number of carbonyl (C=O) groups is 1. The van der Waals surface area contributed by atoms with Crippen LogP contribution in [0.5, 0.6) is 0 Å². The first-order chi connectivity index (χ1) is 13.1. The fourth-order valence-electron chi connectivity index (χ4n) is 2.80. The summed E-state index contributed by atoms with van der Waals surface area (Å²) in [6.45, 7) is 0. The molecule has 132 valence electrons. The summed E-state index contributed by atoms with van der Waals surface area (Å²) < 4.78 is 13.3. The lowest BCUT2D eigenvalue weighted by atomic mass is 10.0. The highest BCUT2D eigenvalue weighted by atomic mass is 35.5. The number of hydrogen-bond donors (Lipinski definition) is 1. The van der Waals surface area contributed by atoms with Crippen LogP contribution < -0.4 is 5.32 Å². The molecule has 0 spiro atoms. The van der Waals surface area contributed by atoms with E-state index < -0.39 is 5.82 Å². The summed E-state index contributed by atoms with van der Waals surface area (Å²) in [4.78, 5) is 21.7. The lowest BCUT2D eigenvalue weighted by Crippen LogP contribution is -2.13. The van der Waals surface area contributed by atoms with Crippen molar-refractivity contribution in [2.75, 3.05) is 5.32 Å². The Hall–Kier alpha value is -3.31. The minimum atomic E-state index is -0.539. The maximum Gasteiger partial charge on any atom is 0.256 e. The molecule has 0 bridgehead atoms. The Kier molecular flexibility index (Phi) is 4.52. The van der Waals surface area contributed by atoms with Crippen LogP contribution >= 0.6 is 11.6 Å². The van der Waals surface area contributed by atoms with Gasteiger partial charge in [-0.3, -0.25) is 9.78 Å². The van der Waals surface area contributed by atoms with Crippen LogP contribution in [-0.2, 0) is 0 Å². The van der Waals surface area contributed by atoms with Gasteiger partial charge in [-0.1, -0.05) is 29.8 Å². The lowest BCUT2D eigenvalue weighted by molar-refractivity contribution is 0.102. The molecule has 0 saturated carbocycles. The van der Waals surface area contributed by atoms with Gasteiger partial charge >= 0.3 is 0 Å². The van der Waals surface area contributed by atoms with Crippen LogP contribution in [0.1, 0.15) is 10.4 Å². The van der Waals surface area contributed by atoms with Gasteiger partial charge in [0, 0.05) is 29.0 Å². The van der Waals surface area contributed by atoms with Gasteiger partial charge in [-0.25, -0.2) is 9.37 Å². The van der Waals surface area contributed by atoms with E-state index in [1.54, 1.807) is 18.5 Å². The minimum absolute atomic E-state index is 0.0524. The van der Waals surface area contributed by atoms with Gasteiger partial charge in [0.1, 0.15) is 5.82 Å². The molecule has 0 fully saturated rings. The SMILES string of the molecule is O=C(Nc1ccc(F)c(Cl)c1)c1cc(-c2cccnc2)nc2ccccc12. The van der Waals surface area contributed by atoms with Gasteiger partial charge in [-0.15, -0.1) is 0 Å². The van der Waals surface area contributed by atoms with Gasteiger partial charge in [0.15, 0.2) is 0 Å². The Morgan fingerprint density at radius 3 is 2.67 bits per heavy atom. The third kappa shape index (κ3) is 3.50. The quantitative estimate of drug-likeness (QED) is 0.524. The first-order valence-electron chi connectivity index (χ1n) is 8.18. The second-order valence-electron chi connectivity index (χ2n) is 5.90. The molecule has 2 aromatic heterocycles. The third-order valence-corrected chi connectivity index (χ3v) is 4.39. The molecule has 4 rings (SSSR count). The second kappa shape index (κ2) is 7.13. The zero-order valence-electron chi connectivity index (χ0n) is 14.0. The zero-order valence-corrected chi connectivity index (χ0v) is 14.7. The molecular weight excluding hydrogens is 365 g/mol. The van der Waals surface area contributed by atoms with Gasteiger partial charge in [0.25, 0.3) is 5.91 Å². The normalized spacial score (nSPS) is 10.7. The van der Waals surface area contributed by atoms with Crippen LogP contribution in [0, 0.1) is 5.82 Å². The molecule has 0 saturated heterocycles. The topological polar surface area (TPSA) is 54.9 Å². The summed E-state index contributed by atoms with van der Waals surface area (Å²) in [5.74, 6) is -0.871. The fourth-order valence-corrected chi connectivity index (χ4v) is 2.98. The molecule has 1 amide bonds. The van der Waals surface area contributed by atoms with Gasteiger partial charge in [0.2, 0.25) is 0 Å². The van der Waals surface area contributed by atoms with Crippen molar-refractivity contribution in [1.82, 2.24) is 9.97 Å². The van der Waals surface area contributed by atoms with Gasteiger partial charge in [-0.2, -0.15) is 0 Å². The predicted molar refractivity (Wildman–Crippen MR) is 104 cm³/mol. The summed E-state index contributed by atoms with van der Waals surface area (Å²) in [6, 6.07) is 16.9. The molecule has 2 aromatic carbocycles. The molecule has 6 heteroatoms. The number of nitrogens with zero attached hydrogens (tertiary/aromatic N) is 2. The van der Waals surface area contributed by atoms with E-state index >= 15 is 0 Å². The largest absolute Gasteiger partial charge is 0.322 e. The molecule has 1 N–H and O–H groups in total. The minimum Gasteiger partial charge on any atom is -0.322 e. The summed E-state index contributed by atoms with van der Waals surface area (Å²) in [6.07, 6.45) is 3.37. The van der Waals surface area contributed by atoms with Crippen LogP contribution in [0.4, 0.5) is 10.1 Å². The molecule has 4 aromatic rings. The van der Waals surface area contributed by atoms with Gasteiger partial charge < -0.3 is 5.32 Å². The average molecular weight is 378 g/mol. The molecule has 0 aliphatic carbocycles. The van der Waals surface area contributed by atoms with E-state index in [-0.39, 0.29) is 10.9 Å². The van der Waals surface area contributed by atoms with E-state index in [9.17, 15) is 9.18 Å². The number of fused-ring (bicyclic) bond motifs is 1. The summed E-state index contributed by atoms with van der Waals surface area (Å²) in [7, 11) is 0. The van der Waals surface area contributed by atoms with Crippen LogP contribution in [0.15, 0.2) is 73.1 Å². The smallest absolute Gasteiger partial charge is 0.256 e. The van der Waals surface area contributed by atoms with Crippen molar-refractivity contribution in [3.8, 4) is 11.3 Å². The standard InChI is InChI=1S/C21H13ClFN3O/c22-17-10-14(7-8-18(17)23)25-21(27)16-11-20(13-4-3-9-24-12-13)26-19-6-2-1-5-15(16)19/h1-12H,(H,25,27). The zero-order chi connectivity index (χ0) is 18.8. The highest BCUT2D eigenvalue weighted by Gasteiger charge is 2.15. The van der Waals surface area contributed by atoms with Gasteiger partial charge in [0.05, 0.1) is 21.8 Å². The van der Waals surface area contributed by atoms with Crippen molar-refractivity contribution in [2.45, 2.75) is 0 Å². The van der Waals surface area contributed by atoms with Crippen molar-refractivity contribution in [2.24, 2.45) is 0 Å². The number of pyridine rings is 2. The first kappa shape index (κ1) is 17.1. The molecule has 0 aliphatic heterocycles. The number of halogens is 2. The van der Waals surface area contributed by atoms with Crippen LogP contribution in [0.2, 0.25) is 5.02 Å². The van der Waals surface area contributed by atoms with Crippen LogP contribution in [0.25, 0.3) is 22.2 Å². The number of rotatable bonds is 3. The van der Waals surface area contributed by atoms with E-state index in [1.165, 1.54) is 18.2 Å². The Morgan fingerprint density at radius 2 is 1.89 bits per heavy atom. The highest BCUT2D eigenvalue weighted by molar-refractivity contribution is 6.31. The maximum atomic E-state index is 13.3. The van der Waals surface area contributed by atoms with E-state index in [4.69, 9.17) is 11.6 Å². The van der Waals surface area contributed by atoms with Crippen molar-refractivity contribution in [3.63, 3.8) is 0 Å². The molecule has 0 aliphatic rings. The second-order valence-corrected chi connectivity index (χ2v) is 6.30. The highest BCUT2D eigenvalue weighted by Crippen LogP contribution is 2.26. The number of benzene rings is 2. The van der Waals surface area contributed by atoms with Crippen LogP contribution in [0.3, 0.4) is 0 Å². The number of para-hydroxylation sites is 1. The van der Waals surface area contributed by atoms with Crippen LogP contribution in [-0.4, -0.2) is 15.9 Å². The molecule has 0 radical (unpaired) electrons. The number of aromatic nitrogens is 2. The molecule has 0 unspecified atom stereocenters. The Bertz CT molecular complexity index is 1150. The Balaban J connectivity index is 1.79. The Labute approximate surface area is 159 Å². The molecule has 4 nitrogen and oxygen atoms in total. The predicted octanol–water partition coefficient (Wildman–Crippen LogP) is 5.34. The average Bonchev–Trinajstić information content (AvgIpc) is 2.70. The molecular formula is C21H13ClFN3O. The van der Waals surface area contributed by atoms with E-state index in [2.05, 4.69) is 15.3 Å².